The van der Waals surface area contributed by atoms with Crippen molar-refractivity contribution in [3.05, 3.63) is 29.8 Å². The zero-order chi connectivity index (χ0) is 14.6. The number of hydrogen-bond donors (Lipinski definition) is 0. The predicted molar refractivity (Wildman–Crippen MR) is 75.1 cm³/mol. The van der Waals surface area contributed by atoms with Gasteiger partial charge < -0.3 is 9.64 Å². The lowest BCUT2D eigenvalue weighted by atomic mass is 10.2. The first kappa shape index (κ1) is 15.0. The van der Waals surface area contributed by atoms with Crippen molar-refractivity contribution < 1.29 is 13.2 Å². The molecule has 0 aromatic heterocycles. The van der Waals surface area contributed by atoms with Gasteiger partial charge in [-0.1, -0.05) is 0 Å². The number of nitriles is 1. The van der Waals surface area contributed by atoms with E-state index >= 15 is 0 Å². The highest BCUT2D eigenvalue weighted by Gasteiger charge is 2.22. The fourth-order valence-corrected chi connectivity index (χ4v) is 3.49. The van der Waals surface area contributed by atoms with Gasteiger partial charge in [-0.15, -0.1) is 0 Å². The van der Waals surface area contributed by atoms with Crippen LogP contribution < -0.4 is 0 Å². The van der Waals surface area contributed by atoms with Crippen LogP contribution in [-0.4, -0.2) is 51.9 Å². The lowest BCUT2D eigenvalue weighted by molar-refractivity contribution is 0.162. The maximum Gasteiger partial charge on any atom is 0.179 e. The molecule has 1 atom stereocenters. The van der Waals surface area contributed by atoms with Crippen LogP contribution in [0, 0.1) is 11.3 Å². The summed E-state index contributed by atoms with van der Waals surface area (Å²) in [4.78, 5) is 2.31. The second-order valence-electron chi connectivity index (χ2n) is 4.95. The molecule has 1 aliphatic heterocycles. The van der Waals surface area contributed by atoms with E-state index in [0.717, 1.165) is 13.0 Å². The van der Waals surface area contributed by atoms with Crippen LogP contribution in [0.15, 0.2) is 29.2 Å². The van der Waals surface area contributed by atoms with Crippen molar-refractivity contribution in [2.75, 3.05) is 32.6 Å². The maximum atomic E-state index is 12.2. The number of nitrogens with zero attached hydrogens (tertiary/aromatic N) is 2. The third kappa shape index (κ3) is 3.57. The Hall–Kier alpha value is -1.42. The van der Waals surface area contributed by atoms with Gasteiger partial charge in [-0.3, -0.25) is 0 Å². The lowest BCUT2D eigenvalue weighted by Gasteiger charge is -2.22. The smallest absolute Gasteiger partial charge is 0.179 e. The molecule has 1 saturated heterocycles. The van der Waals surface area contributed by atoms with Gasteiger partial charge in [0, 0.05) is 19.2 Å². The van der Waals surface area contributed by atoms with Gasteiger partial charge in [0.25, 0.3) is 0 Å². The van der Waals surface area contributed by atoms with Crippen LogP contribution in [-0.2, 0) is 14.6 Å². The molecule has 0 aliphatic carbocycles. The Morgan fingerprint density at radius 1 is 1.40 bits per heavy atom. The van der Waals surface area contributed by atoms with Crippen molar-refractivity contribution in [2.45, 2.75) is 17.4 Å². The Labute approximate surface area is 119 Å². The van der Waals surface area contributed by atoms with Crippen LogP contribution in [0.2, 0.25) is 0 Å². The number of benzene rings is 1. The molecule has 0 spiro atoms. The highest BCUT2D eigenvalue weighted by Crippen LogP contribution is 2.14. The Morgan fingerprint density at radius 2 is 2.10 bits per heavy atom. The Morgan fingerprint density at radius 3 is 2.65 bits per heavy atom. The van der Waals surface area contributed by atoms with Crippen molar-refractivity contribution in [3.63, 3.8) is 0 Å². The van der Waals surface area contributed by atoms with Crippen molar-refractivity contribution in [3.8, 4) is 6.07 Å². The zero-order valence-corrected chi connectivity index (χ0v) is 12.3. The molecule has 0 radical (unpaired) electrons. The van der Waals surface area contributed by atoms with Crippen molar-refractivity contribution >= 4 is 9.84 Å². The Bertz CT molecular complexity index is 584. The zero-order valence-electron chi connectivity index (χ0n) is 11.4. The third-order valence-corrected chi connectivity index (χ3v) is 5.29. The Kier molecular flexibility index (Phi) is 4.76. The molecule has 5 nitrogen and oxygen atoms in total. The Balaban J connectivity index is 1.97. The predicted octanol–water partition coefficient (Wildman–Crippen LogP) is 1.05. The van der Waals surface area contributed by atoms with Gasteiger partial charge in [-0.05, 0) is 37.7 Å². The molecule has 0 amide bonds. The molecular formula is C14H18N2O3S. The fraction of sp³-hybridized carbons (Fsp3) is 0.500. The summed E-state index contributed by atoms with van der Waals surface area (Å²) in [7, 11) is -1.38. The van der Waals surface area contributed by atoms with E-state index in [0.29, 0.717) is 24.8 Å². The van der Waals surface area contributed by atoms with Crippen LogP contribution >= 0.6 is 0 Å². The first-order valence-electron chi connectivity index (χ1n) is 6.54. The molecule has 1 aliphatic rings. The molecule has 0 N–H and O–H groups in total. The minimum Gasteiger partial charge on any atom is -0.380 e. The first-order chi connectivity index (χ1) is 9.53. The summed E-state index contributed by atoms with van der Waals surface area (Å²) in [5.41, 5.74) is 0.462. The van der Waals surface area contributed by atoms with E-state index in [1.165, 1.54) is 24.3 Å². The van der Waals surface area contributed by atoms with Gasteiger partial charge in [-0.2, -0.15) is 5.26 Å². The second kappa shape index (κ2) is 6.35. The van der Waals surface area contributed by atoms with Crippen LogP contribution in [0.1, 0.15) is 12.0 Å². The second-order valence-corrected chi connectivity index (χ2v) is 7.06. The number of ether oxygens (including phenoxy) is 1. The monoisotopic (exact) mass is 294 g/mol. The van der Waals surface area contributed by atoms with Crippen molar-refractivity contribution in [1.82, 2.24) is 4.90 Å². The summed E-state index contributed by atoms with van der Waals surface area (Å²) in [6.45, 7) is 1.90. The highest BCUT2D eigenvalue weighted by atomic mass is 32.2. The molecule has 1 unspecified atom stereocenters. The molecule has 2 rings (SSSR count). The fourth-order valence-electron chi connectivity index (χ4n) is 2.17. The van der Waals surface area contributed by atoms with Gasteiger partial charge >= 0.3 is 0 Å². The topological polar surface area (TPSA) is 70.4 Å². The number of rotatable bonds is 5. The van der Waals surface area contributed by atoms with Crippen LogP contribution in [0.5, 0.6) is 0 Å². The number of hydrogen-bond acceptors (Lipinski definition) is 5. The van der Waals surface area contributed by atoms with Crippen molar-refractivity contribution in [2.24, 2.45) is 0 Å². The van der Waals surface area contributed by atoms with Gasteiger partial charge in [0.1, 0.15) is 0 Å². The highest BCUT2D eigenvalue weighted by molar-refractivity contribution is 7.91. The maximum absolute atomic E-state index is 12.2. The number of likely N-dealkylation sites (N-methyl/N-ethyl adjacent to an activating group) is 1. The summed E-state index contributed by atoms with van der Waals surface area (Å²) in [5.74, 6) is 0.0753. The minimum absolute atomic E-state index is 0.0753. The standard InChI is InChI=1S/C14H18N2O3S/c1-16(13-6-8-19-11-13)7-9-20(17,18)14-4-2-12(10-15)3-5-14/h2-5,13H,6-9,11H2,1H3. The molecule has 20 heavy (non-hydrogen) atoms. The average molecular weight is 294 g/mol. The summed E-state index contributed by atoms with van der Waals surface area (Å²) in [5, 5.41) is 8.71. The third-order valence-electron chi connectivity index (χ3n) is 3.58. The molecular weight excluding hydrogens is 276 g/mol. The first-order valence-corrected chi connectivity index (χ1v) is 8.19. The van der Waals surface area contributed by atoms with E-state index in [9.17, 15) is 8.42 Å². The van der Waals surface area contributed by atoms with Gasteiger partial charge in [0.05, 0.1) is 28.9 Å². The lowest BCUT2D eigenvalue weighted by Crippen LogP contribution is -2.35. The van der Waals surface area contributed by atoms with Gasteiger partial charge in [0.15, 0.2) is 9.84 Å². The SMILES string of the molecule is CN(CCS(=O)(=O)c1ccc(C#N)cc1)C1CCOC1. The summed E-state index contributed by atoms with van der Waals surface area (Å²) >= 11 is 0. The molecule has 108 valence electrons. The van der Waals surface area contributed by atoms with E-state index in [2.05, 4.69) is 0 Å². The van der Waals surface area contributed by atoms with E-state index < -0.39 is 9.84 Å². The van der Waals surface area contributed by atoms with Crippen molar-refractivity contribution in [1.29, 1.82) is 5.26 Å². The minimum atomic E-state index is -3.30. The largest absolute Gasteiger partial charge is 0.380 e. The average Bonchev–Trinajstić information content (AvgIpc) is 2.99. The van der Waals surface area contributed by atoms with Crippen LogP contribution in [0.25, 0.3) is 0 Å². The normalized spacial score (nSPS) is 19.1. The van der Waals surface area contributed by atoms with Gasteiger partial charge in [-0.25, -0.2) is 8.42 Å². The van der Waals surface area contributed by atoms with Crippen LogP contribution in [0.3, 0.4) is 0 Å². The summed E-state index contributed by atoms with van der Waals surface area (Å²) in [6, 6.07) is 8.33. The van der Waals surface area contributed by atoms with E-state index in [-0.39, 0.29) is 10.6 Å². The van der Waals surface area contributed by atoms with Crippen LogP contribution in [0.4, 0.5) is 0 Å². The molecule has 0 saturated carbocycles. The van der Waals surface area contributed by atoms with E-state index in [4.69, 9.17) is 10.00 Å². The molecule has 6 heteroatoms. The van der Waals surface area contributed by atoms with E-state index in [1.807, 2.05) is 18.0 Å². The van der Waals surface area contributed by atoms with Gasteiger partial charge in [0.2, 0.25) is 0 Å². The van der Waals surface area contributed by atoms with E-state index in [1.54, 1.807) is 0 Å². The molecule has 0 bridgehead atoms. The summed E-state index contributed by atoms with van der Waals surface area (Å²) in [6.07, 6.45) is 0.952. The number of sulfone groups is 1. The molecule has 1 fully saturated rings. The quantitative estimate of drug-likeness (QED) is 0.812. The molecule has 1 heterocycles. The summed E-state index contributed by atoms with van der Waals surface area (Å²) < 4.78 is 29.7. The molecule has 1 aromatic rings. The molecule has 1 aromatic carbocycles.